The van der Waals surface area contributed by atoms with Crippen molar-refractivity contribution in [1.29, 1.82) is 0 Å². The molecular weight excluding hydrogens is 189 g/mol. The number of halogens is 3. The van der Waals surface area contributed by atoms with Crippen LogP contribution in [0.3, 0.4) is 0 Å². The number of oxazole rings is 1. The number of nitrogens with two attached hydrogens (primary N) is 1. The van der Waals surface area contributed by atoms with E-state index in [-0.39, 0.29) is 0 Å². The van der Waals surface area contributed by atoms with Crippen molar-refractivity contribution in [1.82, 2.24) is 4.98 Å². The molecule has 0 radical (unpaired) electrons. The van der Waals surface area contributed by atoms with Gasteiger partial charge in [-0.2, -0.15) is 13.2 Å². The first-order valence-electron chi connectivity index (χ1n) is 3.21. The number of carbonyl (C=O) groups excluding carboxylic acids is 1. The number of alkyl halides is 3. The van der Waals surface area contributed by atoms with Crippen LogP contribution in [0, 0.1) is 0 Å². The lowest BCUT2D eigenvalue weighted by Crippen LogP contribution is -2.14. The van der Waals surface area contributed by atoms with Crippen molar-refractivity contribution < 1.29 is 22.4 Å². The van der Waals surface area contributed by atoms with Gasteiger partial charge in [-0.3, -0.25) is 4.79 Å². The normalized spacial score (nSPS) is 11.7. The predicted octanol–water partition coefficient (Wildman–Crippen LogP) is 0.835. The molecule has 0 atom stereocenters. The molecule has 2 N–H and O–H groups in total. The number of ketones is 1. The van der Waals surface area contributed by atoms with Gasteiger partial charge in [0.2, 0.25) is 0 Å². The molecule has 0 spiro atoms. The van der Waals surface area contributed by atoms with E-state index in [0.29, 0.717) is 6.26 Å². The molecule has 13 heavy (non-hydrogen) atoms. The van der Waals surface area contributed by atoms with E-state index in [2.05, 4.69) is 9.40 Å². The van der Waals surface area contributed by atoms with Crippen molar-refractivity contribution in [2.75, 3.05) is 6.54 Å². The van der Waals surface area contributed by atoms with Crippen molar-refractivity contribution in [2.24, 2.45) is 5.73 Å². The molecule has 0 amide bonds. The fourth-order valence-corrected chi connectivity index (χ4v) is 0.637. The molecule has 1 aromatic rings. The molecule has 0 saturated carbocycles. The summed E-state index contributed by atoms with van der Waals surface area (Å²) in [4.78, 5) is 13.7. The highest BCUT2D eigenvalue weighted by Crippen LogP contribution is 2.28. The number of hydrogen-bond acceptors (Lipinski definition) is 4. The molecule has 1 rings (SSSR count). The topological polar surface area (TPSA) is 69.1 Å². The molecule has 0 aliphatic rings. The van der Waals surface area contributed by atoms with Crippen molar-refractivity contribution in [3.8, 4) is 0 Å². The van der Waals surface area contributed by atoms with Gasteiger partial charge in [0.1, 0.15) is 12.0 Å². The fraction of sp³-hybridized carbons (Fsp3) is 0.333. The molecule has 0 bridgehead atoms. The highest BCUT2D eigenvalue weighted by Gasteiger charge is 2.37. The first-order valence-corrected chi connectivity index (χ1v) is 3.21. The lowest BCUT2D eigenvalue weighted by molar-refractivity contribution is -0.157. The Morgan fingerprint density at radius 3 is 2.62 bits per heavy atom. The third kappa shape index (κ3) is 2.05. The third-order valence-corrected chi connectivity index (χ3v) is 1.22. The summed E-state index contributed by atoms with van der Waals surface area (Å²) in [6.45, 7) is -0.399. The van der Waals surface area contributed by atoms with Gasteiger partial charge in [0.15, 0.2) is 5.78 Å². The molecule has 0 aliphatic heterocycles. The number of Topliss-reactive ketones (excluding diaryl/α,β-unsaturated/α-hetero) is 1. The van der Waals surface area contributed by atoms with E-state index < -0.39 is 30.1 Å². The maximum Gasteiger partial charge on any atom is 0.468 e. The summed E-state index contributed by atoms with van der Waals surface area (Å²) in [5.41, 5.74) is 4.50. The van der Waals surface area contributed by atoms with E-state index >= 15 is 0 Å². The van der Waals surface area contributed by atoms with Gasteiger partial charge in [-0.1, -0.05) is 0 Å². The monoisotopic (exact) mass is 194 g/mol. The Labute approximate surface area is 70.5 Å². The van der Waals surface area contributed by atoms with Crippen LogP contribution in [0.1, 0.15) is 16.4 Å². The van der Waals surface area contributed by atoms with Gasteiger partial charge in [0, 0.05) is 0 Å². The Balaban J connectivity index is 2.93. The quantitative estimate of drug-likeness (QED) is 0.708. The van der Waals surface area contributed by atoms with E-state index in [4.69, 9.17) is 5.73 Å². The second kappa shape index (κ2) is 3.17. The Morgan fingerprint density at radius 2 is 2.23 bits per heavy atom. The molecule has 1 aromatic heterocycles. The van der Waals surface area contributed by atoms with Crippen LogP contribution in [0.15, 0.2) is 10.7 Å². The summed E-state index contributed by atoms with van der Waals surface area (Å²) >= 11 is 0. The maximum absolute atomic E-state index is 11.9. The molecule has 0 unspecified atom stereocenters. The van der Waals surface area contributed by atoms with Gasteiger partial charge in [-0.05, 0) is 0 Å². The standard InChI is InChI=1S/C6H5F3N2O2/c7-6(8,9)5-11-3(2-13-5)4(12)1-10/h2H,1,10H2. The van der Waals surface area contributed by atoms with E-state index in [0.717, 1.165) is 0 Å². The highest BCUT2D eigenvalue weighted by atomic mass is 19.4. The minimum Gasteiger partial charge on any atom is -0.441 e. The van der Waals surface area contributed by atoms with Crippen molar-refractivity contribution in [2.45, 2.75) is 6.18 Å². The van der Waals surface area contributed by atoms with E-state index in [1.165, 1.54) is 0 Å². The zero-order valence-corrected chi connectivity index (χ0v) is 6.26. The first kappa shape index (κ1) is 9.72. The van der Waals surface area contributed by atoms with Gasteiger partial charge in [0.05, 0.1) is 6.54 Å². The second-order valence-electron chi connectivity index (χ2n) is 2.16. The third-order valence-electron chi connectivity index (χ3n) is 1.22. The highest BCUT2D eigenvalue weighted by molar-refractivity contribution is 5.95. The predicted molar refractivity (Wildman–Crippen MR) is 34.9 cm³/mol. The van der Waals surface area contributed by atoms with Crippen LogP contribution in [0.25, 0.3) is 0 Å². The zero-order chi connectivity index (χ0) is 10.1. The fourth-order valence-electron chi connectivity index (χ4n) is 0.637. The largest absolute Gasteiger partial charge is 0.468 e. The smallest absolute Gasteiger partial charge is 0.441 e. The van der Waals surface area contributed by atoms with Gasteiger partial charge in [-0.25, -0.2) is 4.98 Å². The van der Waals surface area contributed by atoms with Crippen molar-refractivity contribution in [3.05, 3.63) is 17.8 Å². The van der Waals surface area contributed by atoms with Crippen molar-refractivity contribution >= 4 is 5.78 Å². The molecular formula is C6H5F3N2O2. The lowest BCUT2D eigenvalue weighted by Gasteiger charge is -1.97. The summed E-state index contributed by atoms with van der Waals surface area (Å²) in [7, 11) is 0. The molecule has 0 aromatic carbocycles. The molecule has 0 aliphatic carbocycles. The average Bonchev–Trinajstić information content (AvgIpc) is 2.50. The van der Waals surface area contributed by atoms with Crippen LogP contribution in [-0.4, -0.2) is 17.3 Å². The van der Waals surface area contributed by atoms with Gasteiger partial charge < -0.3 is 10.2 Å². The van der Waals surface area contributed by atoms with Crippen LogP contribution < -0.4 is 5.73 Å². The summed E-state index contributed by atoms with van der Waals surface area (Å²) < 4.78 is 39.6. The van der Waals surface area contributed by atoms with Crippen molar-refractivity contribution in [3.63, 3.8) is 0 Å². The summed E-state index contributed by atoms with van der Waals surface area (Å²) in [5.74, 6) is -2.14. The number of rotatable bonds is 2. The number of carbonyl (C=O) groups is 1. The Kier molecular flexibility index (Phi) is 2.37. The molecule has 0 saturated heterocycles. The average molecular weight is 194 g/mol. The first-order chi connectivity index (χ1) is 5.95. The summed E-state index contributed by atoms with van der Waals surface area (Å²) in [5, 5.41) is 0. The van der Waals surface area contributed by atoms with Crippen LogP contribution in [0.5, 0.6) is 0 Å². The lowest BCUT2D eigenvalue weighted by atomic mass is 10.3. The van der Waals surface area contributed by atoms with E-state index in [1.54, 1.807) is 0 Å². The van der Waals surface area contributed by atoms with Crippen LogP contribution in [0.2, 0.25) is 0 Å². The Hall–Kier alpha value is -1.37. The summed E-state index contributed by atoms with van der Waals surface area (Å²) in [6, 6.07) is 0. The summed E-state index contributed by atoms with van der Waals surface area (Å²) in [6.07, 6.45) is -4.04. The van der Waals surface area contributed by atoms with E-state index in [1.807, 2.05) is 0 Å². The van der Waals surface area contributed by atoms with Crippen LogP contribution in [0.4, 0.5) is 13.2 Å². The molecule has 0 fully saturated rings. The molecule has 7 heteroatoms. The SMILES string of the molecule is NCC(=O)c1coc(C(F)(F)F)n1. The number of nitrogens with zero attached hydrogens (tertiary/aromatic N) is 1. The molecule has 4 nitrogen and oxygen atoms in total. The molecule has 72 valence electrons. The second-order valence-corrected chi connectivity index (χ2v) is 2.16. The minimum atomic E-state index is -4.67. The number of aromatic nitrogens is 1. The zero-order valence-electron chi connectivity index (χ0n) is 6.26. The maximum atomic E-state index is 11.9. The van der Waals surface area contributed by atoms with Crippen LogP contribution in [-0.2, 0) is 6.18 Å². The van der Waals surface area contributed by atoms with Gasteiger partial charge in [-0.15, -0.1) is 0 Å². The molecule has 1 heterocycles. The van der Waals surface area contributed by atoms with E-state index in [9.17, 15) is 18.0 Å². The Bertz CT molecular complexity index is 318. The van der Waals surface area contributed by atoms with Gasteiger partial charge >= 0.3 is 12.1 Å². The van der Waals surface area contributed by atoms with Gasteiger partial charge in [0.25, 0.3) is 0 Å². The minimum absolute atomic E-state index is 0.399. The van der Waals surface area contributed by atoms with Crippen LogP contribution >= 0.6 is 0 Å². The number of hydrogen-bond donors (Lipinski definition) is 1. The Morgan fingerprint density at radius 1 is 1.62 bits per heavy atom.